The van der Waals surface area contributed by atoms with E-state index in [1.54, 1.807) is 24.5 Å². The summed E-state index contributed by atoms with van der Waals surface area (Å²) >= 11 is 0. The van der Waals surface area contributed by atoms with Crippen molar-refractivity contribution in [2.45, 2.75) is 39.8 Å². The standard InChI is InChI=1S/C13H24N4O/c1-5-16(4)13(18)8-17-9-15-7-12(17)11(14)6-10(2)3/h7,9-11H,5-6,8,14H2,1-4H3. The molecule has 1 aromatic rings. The van der Waals surface area contributed by atoms with Gasteiger partial charge in [0.15, 0.2) is 0 Å². The summed E-state index contributed by atoms with van der Waals surface area (Å²) in [4.78, 5) is 17.7. The molecule has 0 radical (unpaired) electrons. The SMILES string of the molecule is CCN(C)C(=O)Cn1cncc1C(N)CC(C)C. The zero-order valence-electron chi connectivity index (χ0n) is 11.8. The predicted octanol–water partition coefficient (Wildman–Crippen LogP) is 1.41. The van der Waals surface area contributed by atoms with Gasteiger partial charge in [-0.3, -0.25) is 4.79 Å². The number of amides is 1. The Hall–Kier alpha value is -1.36. The Morgan fingerprint density at radius 1 is 1.56 bits per heavy atom. The second-order valence-electron chi connectivity index (χ2n) is 5.09. The van der Waals surface area contributed by atoms with Crippen LogP contribution in [-0.4, -0.2) is 34.0 Å². The van der Waals surface area contributed by atoms with Crippen LogP contribution in [0.1, 0.15) is 38.9 Å². The summed E-state index contributed by atoms with van der Waals surface area (Å²) in [7, 11) is 1.80. The minimum Gasteiger partial charge on any atom is -0.344 e. The van der Waals surface area contributed by atoms with E-state index in [-0.39, 0.29) is 11.9 Å². The number of carbonyl (C=O) groups excluding carboxylic acids is 1. The van der Waals surface area contributed by atoms with Crippen LogP contribution in [0.2, 0.25) is 0 Å². The summed E-state index contributed by atoms with van der Waals surface area (Å²) in [5.41, 5.74) is 7.07. The number of hydrogen-bond donors (Lipinski definition) is 1. The van der Waals surface area contributed by atoms with Crippen molar-refractivity contribution < 1.29 is 4.79 Å². The minimum absolute atomic E-state index is 0.0627. The van der Waals surface area contributed by atoms with Gasteiger partial charge < -0.3 is 15.2 Å². The molecule has 1 rings (SSSR count). The Kier molecular flexibility index (Phi) is 5.34. The van der Waals surface area contributed by atoms with Crippen molar-refractivity contribution in [3.8, 4) is 0 Å². The number of hydrogen-bond acceptors (Lipinski definition) is 3. The average molecular weight is 252 g/mol. The second kappa shape index (κ2) is 6.54. The van der Waals surface area contributed by atoms with Gasteiger partial charge in [-0.05, 0) is 19.3 Å². The molecule has 0 spiro atoms. The summed E-state index contributed by atoms with van der Waals surface area (Å²) in [6.07, 6.45) is 4.33. The van der Waals surface area contributed by atoms with Crippen molar-refractivity contribution in [2.75, 3.05) is 13.6 Å². The summed E-state index contributed by atoms with van der Waals surface area (Å²) in [6, 6.07) is -0.0627. The molecule has 0 saturated carbocycles. The van der Waals surface area contributed by atoms with Crippen molar-refractivity contribution >= 4 is 5.91 Å². The molecule has 0 saturated heterocycles. The molecule has 2 N–H and O–H groups in total. The third-order valence-electron chi connectivity index (χ3n) is 3.06. The molecule has 18 heavy (non-hydrogen) atoms. The summed E-state index contributed by atoms with van der Waals surface area (Å²) in [6.45, 7) is 7.25. The van der Waals surface area contributed by atoms with Crippen molar-refractivity contribution in [3.63, 3.8) is 0 Å². The fraction of sp³-hybridized carbons (Fsp3) is 0.692. The first-order chi connectivity index (χ1) is 8.45. The molecular formula is C13H24N4O. The molecule has 1 amide bonds. The number of likely N-dealkylation sites (N-methyl/N-ethyl adjacent to an activating group) is 1. The van der Waals surface area contributed by atoms with Crippen LogP contribution in [0.25, 0.3) is 0 Å². The van der Waals surface area contributed by atoms with E-state index in [1.807, 2.05) is 11.5 Å². The van der Waals surface area contributed by atoms with Crippen LogP contribution in [0, 0.1) is 5.92 Å². The van der Waals surface area contributed by atoms with E-state index >= 15 is 0 Å². The first kappa shape index (κ1) is 14.7. The largest absolute Gasteiger partial charge is 0.344 e. The number of carbonyl (C=O) groups is 1. The number of rotatable bonds is 6. The Morgan fingerprint density at radius 2 is 2.22 bits per heavy atom. The number of nitrogens with two attached hydrogens (primary N) is 1. The highest BCUT2D eigenvalue weighted by molar-refractivity contribution is 5.75. The highest BCUT2D eigenvalue weighted by Gasteiger charge is 2.16. The van der Waals surface area contributed by atoms with Crippen LogP contribution in [0.3, 0.4) is 0 Å². The normalized spacial score (nSPS) is 12.8. The van der Waals surface area contributed by atoms with E-state index in [0.717, 1.165) is 12.1 Å². The molecule has 5 heteroatoms. The van der Waals surface area contributed by atoms with Crippen molar-refractivity contribution in [2.24, 2.45) is 11.7 Å². The summed E-state index contributed by atoms with van der Waals surface area (Å²) < 4.78 is 1.85. The third-order valence-corrected chi connectivity index (χ3v) is 3.06. The maximum absolute atomic E-state index is 11.9. The Bertz CT molecular complexity index is 386. The lowest BCUT2D eigenvalue weighted by molar-refractivity contribution is -0.130. The maximum atomic E-state index is 11.9. The maximum Gasteiger partial charge on any atom is 0.242 e. The second-order valence-corrected chi connectivity index (χ2v) is 5.09. The van der Waals surface area contributed by atoms with Crippen molar-refractivity contribution in [3.05, 3.63) is 18.2 Å². The molecule has 1 atom stereocenters. The topological polar surface area (TPSA) is 64.2 Å². The van der Waals surface area contributed by atoms with E-state index < -0.39 is 0 Å². The first-order valence-electron chi connectivity index (χ1n) is 6.45. The van der Waals surface area contributed by atoms with E-state index in [1.165, 1.54) is 0 Å². The van der Waals surface area contributed by atoms with Crippen molar-refractivity contribution in [1.29, 1.82) is 0 Å². The molecule has 0 aliphatic rings. The summed E-state index contributed by atoms with van der Waals surface area (Å²) in [5.74, 6) is 0.603. The fourth-order valence-corrected chi connectivity index (χ4v) is 1.84. The number of imidazole rings is 1. The lowest BCUT2D eigenvalue weighted by atomic mass is 10.0. The van der Waals surface area contributed by atoms with Gasteiger partial charge in [0, 0.05) is 25.8 Å². The molecule has 1 unspecified atom stereocenters. The van der Waals surface area contributed by atoms with Gasteiger partial charge in [0.05, 0.1) is 12.0 Å². The fourth-order valence-electron chi connectivity index (χ4n) is 1.84. The molecule has 0 fully saturated rings. The van der Waals surface area contributed by atoms with E-state index in [0.29, 0.717) is 19.0 Å². The average Bonchev–Trinajstić information content (AvgIpc) is 2.75. The minimum atomic E-state index is -0.0627. The van der Waals surface area contributed by atoms with Crippen LogP contribution in [-0.2, 0) is 11.3 Å². The highest BCUT2D eigenvalue weighted by Crippen LogP contribution is 2.18. The van der Waals surface area contributed by atoms with E-state index in [2.05, 4.69) is 18.8 Å². The Morgan fingerprint density at radius 3 is 2.78 bits per heavy atom. The lowest BCUT2D eigenvalue weighted by Crippen LogP contribution is -2.31. The highest BCUT2D eigenvalue weighted by atomic mass is 16.2. The molecule has 0 aliphatic heterocycles. The summed E-state index contributed by atoms with van der Waals surface area (Å²) in [5, 5.41) is 0. The molecule has 0 aliphatic carbocycles. The molecule has 1 aromatic heterocycles. The third kappa shape index (κ3) is 3.84. The van der Waals surface area contributed by atoms with Gasteiger partial charge in [-0.15, -0.1) is 0 Å². The predicted molar refractivity (Wildman–Crippen MR) is 71.9 cm³/mol. The van der Waals surface area contributed by atoms with Gasteiger partial charge in [0.25, 0.3) is 0 Å². The van der Waals surface area contributed by atoms with Gasteiger partial charge in [0.2, 0.25) is 5.91 Å². The van der Waals surface area contributed by atoms with Gasteiger partial charge in [-0.25, -0.2) is 4.98 Å². The van der Waals surface area contributed by atoms with E-state index in [4.69, 9.17) is 5.73 Å². The molecule has 5 nitrogen and oxygen atoms in total. The lowest BCUT2D eigenvalue weighted by Gasteiger charge is -2.19. The van der Waals surface area contributed by atoms with Gasteiger partial charge in [0.1, 0.15) is 6.54 Å². The van der Waals surface area contributed by atoms with Crippen LogP contribution in [0.15, 0.2) is 12.5 Å². The van der Waals surface area contributed by atoms with Crippen LogP contribution in [0.5, 0.6) is 0 Å². The van der Waals surface area contributed by atoms with Gasteiger partial charge >= 0.3 is 0 Å². The molecule has 0 aromatic carbocycles. The zero-order chi connectivity index (χ0) is 13.7. The van der Waals surface area contributed by atoms with Crippen molar-refractivity contribution in [1.82, 2.24) is 14.5 Å². The first-order valence-corrected chi connectivity index (χ1v) is 6.45. The molecule has 0 bridgehead atoms. The number of nitrogens with zero attached hydrogens (tertiary/aromatic N) is 3. The Balaban J connectivity index is 2.73. The number of aromatic nitrogens is 2. The molecule has 1 heterocycles. The van der Waals surface area contributed by atoms with Gasteiger partial charge in [-0.1, -0.05) is 13.8 Å². The van der Waals surface area contributed by atoms with Gasteiger partial charge in [-0.2, -0.15) is 0 Å². The van der Waals surface area contributed by atoms with Crippen LogP contribution in [0.4, 0.5) is 0 Å². The quantitative estimate of drug-likeness (QED) is 0.832. The smallest absolute Gasteiger partial charge is 0.242 e. The zero-order valence-corrected chi connectivity index (χ0v) is 11.8. The molecular weight excluding hydrogens is 228 g/mol. The monoisotopic (exact) mass is 252 g/mol. The van der Waals surface area contributed by atoms with Crippen LogP contribution >= 0.6 is 0 Å². The Labute approximate surface area is 109 Å². The van der Waals surface area contributed by atoms with E-state index in [9.17, 15) is 4.79 Å². The van der Waals surface area contributed by atoms with Crippen LogP contribution < -0.4 is 5.73 Å². The molecule has 102 valence electrons.